The first-order valence-electron chi connectivity index (χ1n) is 8.41. The molecule has 0 spiro atoms. The summed E-state index contributed by atoms with van der Waals surface area (Å²) >= 11 is 13.8. The van der Waals surface area contributed by atoms with Gasteiger partial charge in [0, 0.05) is 60.7 Å². The van der Waals surface area contributed by atoms with Gasteiger partial charge in [-0.2, -0.15) is 11.8 Å². The van der Waals surface area contributed by atoms with Gasteiger partial charge in [-0.1, -0.05) is 30.1 Å². The third kappa shape index (κ3) is 6.08. The topological polar surface area (TPSA) is 40.6 Å². The van der Waals surface area contributed by atoms with Gasteiger partial charge in [-0.15, -0.1) is 0 Å². The molecule has 1 fully saturated rings. The number of nitrogens with zero attached hydrogens (tertiary/aromatic N) is 2. The van der Waals surface area contributed by atoms with Crippen LogP contribution in [0.15, 0.2) is 18.2 Å². The number of hydrogen-bond acceptors (Lipinski definition) is 4. The number of piperazine rings is 1. The predicted octanol–water partition coefficient (Wildman–Crippen LogP) is 3.99. The summed E-state index contributed by atoms with van der Waals surface area (Å²) in [6.45, 7) is 4.60. The van der Waals surface area contributed by atoms with Gasteiger partial charge in [0.2, 0.25) is 5.91 Å². The van der Waals surface area contributed by atoms with Crippen LogP contribution < -0.4 is 4.90 Å². The van der Waals surface area contributed by atoms with Gasteiger partial charge >= 0.3 is 0 Å². The number of ketones is 1. The van der Waals surface area contributed by atoms with Crippen LogP contribution in [0.4, 0.5) is 5.69 Å². The van der Waals surface area contributed by atoms with Crippen LogP contribution in [0.5, 0.6) is 0 Å². The first kappa shape index (κ1) is 20.4. The third-order valence-corrected chi connectivity index (χ3v) is 5.39. The molecule has 4 nitrogen and oxygen atoms in total. The summed E-state index contributed by atoms with van der Waals surface area (Å²) in [5, 5.41) is 1.22. The minimum atomic E-state index is -0.249. The number of anilines is 1. The minimum absolute atomic E-state index is 0.0706. The Morgan fingerprint density at radius 1 is 1.12 bits per heavy atom. The summed E-state index contributed by atoms with van der Waals surface area (Å²) < 4.78 is 0. The maximum Gasteiger partial charge on any atom is 0.225 e. The lowest BCUT2D eigenvalue weighted by Gasteiger charge is -2.37. The molecule has 0 N–H and O–H groups in total. The molecule has 0 bridgehead atoms. The Bertz CT molecular complexity index is 599. The van der Waals surface area contributed by atoms with Gasteiger partial charge in [0.25, 0.3) is 0 Å². The molecular formula is C18H24Cl2N2O2S. The van der Waals surface area contributed by atoms with Crippen molar-refractivity contribution in [3.63, 3.8) is 0 Å². The number of hydrogen-bond donors (Lipinski definition) is 0. The highest BCUT2D eigenvalue weighted by atomic mass is 35.5. The van der Waals surface area contributed by atoms with Gasteiger partial charge in [0.1, 0.15) is 5.78 Å². The summed E-state index contributed by atoms with van der Waals surface area (Å²) in [6.07, 6.45) is 2.86. The highest BCUT2D eigenvalue weighted by Crippen LogP contribution is 2.26. The molecule has 25 heavy (non-hydrogen) atoms. The van der Waals surface area contributed by atoms with E-state index in [1.165, 1.54) is 0 Å². The maximum atomic E-state index is 12.6. The number of carbonyl (C=O) groups is 2. The van der Waals surface area contributed by atoms with E-state index in [0.717, 1.165) is 24.5 Å². The molecule has 1 unspecified atom stereocenters. The van der Waals surface area contributed by atoms with Crippen molar-refractivity contribution < 1.29 is 9.59 Å². The van der Waals surface area contributed by atoms with E-state index in [0.29, 0.717) is 36.0 Å². The van der Waals surface area contributed by atoms with E-state index < -0.39 is 0 Å². The molecule has 0 aliphatic carbocycles. The van der Waals surface area contributed by atoms with Crippen LogP contribution in [0.25, 0.3) is 0 Å². The minimum Gasteiger partial charge on any atom is -0.368 e. The number of benzene rings is 1. The van der Waals surface area contributed by atoms with Crippen molar-refractivity contribution in [3.8, 4) is 0 Å². The average Bonchev–Trinajstić information content (AvgIpc) is 2.58. The highest BCUT2D eigenvalue weighted by molar-refractivity contribution is 7.98. The van der Waals surface area contributed by atoms with Crippen LogP contribution in [0.2, 0.25) is 10.0 Å². The van der Waals surface area contributed by atoms with Crippen LogP contribution in [0.3, 0.4) is 0 Å². The van der Waals surface area contributed by atoms with Crippen LogP contribution in [0, 0.1) is 5.92 Å². The number of amides is 1. The Balaban J connectivity index is 1.86. The monoisotopic (exact) mass is 402 g/mol. The summed E-state index contributed by atoms with van der Waals surface area (Å²) in [5.74, 6) is 0.811. The molecule has 7 heteroatoms. The summed E-state index contributed by atoms with van der Waals surface area (Å²) in [6, 6.07) is 5.48. The molecule has 1 aromatic rings. The molecule has 2 rings (SSSR count). The predicted molar refractivity (Wildman–Crippen MR) is 107 cm³/mol. The molecule has 1 saturated heterocycles. The Morgan fingerprint density at radius 3 is 2.28 bits per heavy atom. The lowest BCUT2D eigenvalue weighted by atomic mass is 10.0. The quantitative estimate of drug-likeness (QED) is 0.690. The van der Waals surface area contributed by atoms with Gasteiger partial charge in [0.15, 0.2) is 0 Å². The third-order valence-electron chi connectivity index (χ3n) is 4.34. The summed E-state index contributed by atoms with van der Waals surface area (Å²) in [5.41, 5.74) is 0.977. The van der Waals surface area contributed by atoms with Crippen molar-refractivity contribution in [2.75, 3.05) is 43.1 Å². The lowest BCUT2D eigenvalue weighted by Crippen LogP contribution is -2.50. The van der Waals surface area contributed by atoms with E-state index in [-0.39, 0.29) is 17.6 Å². The standard InChI is InChI=1S/C18H24Cl2N2O2S/c1-13(9-17(23)3-8-25-2)18(24)22-6-4-21(5-7-22)16-11-14(19)10-15(20)12-16/h10-13H,3-9H2,1-2H3. The lowest BCUT2D eigenvalue weighted by molar-refractivity contribution is -0.137. The normalized spacial score (nSPS) is 16.0. The number of thioether (sulfide) groups is 1. The molecule has 1 amide bonds. The van der Waals surface area contributed by atoms with Crippen LogP contribution in [-0.2, 0) is 9.59 Å². The molecule has 1 aliphatic heterocycles. The van der Waals surface area contributed by atoms with Gasteiger partial charge in [-0.3, -0.25) is 9.59 Å². The van der Waals surface area contributed by atoms with E-state index in [2.05, 4.69) is 4.90 Å². The second-order valence-corrected chi connectivity index (χ2v) is 8.19. The first-order chi connectivity index (χ1) is 11.9. The Kier molecular flexibility index (Phi) is 7.91. The zero-order valence-corrected chi connectivity index (χ0v) is 17.0. The van der Waals surface area contributed by atoms with Gasteiger partial charge in [0.05, 0.1) is 0 Å². The fourth-order valence-corrected chi connectivity index (χ4v) is 3.91. The van der Waals surface area contributed by atoms with E-state index in [4.69, 9.17) is 23.2 Å². The SMILES string of the molecule is CSCCC(=O)CC(C)C(=O)N1CCN(c2cc(Cl)cc(Cl)c2)CC1. The molecule has 0 saturated carbocycles. The number of rotatable bonds is 7. The van der Waals surface area contributed by atoms with Crippen molar-refractivity contribution in [1.29, 1.82) is 0 Å². The maximum absolute atomic E-state index is 12.6. The smallest absolute Gasteiger partial charge is 0.225 e. The molecule has 138 valence electrons. The van der Waals surface area contributed by atoms with Gasteiger partial charge < -0.3 is 9.80 Å². The molecule has 1 aromatic carbocycles. The highest BCUT2D eigenvalue weighted by Gasteiger charge is 2.26. The van der Waals surface area contributed by atoms with E-state index in [1.54, 1.807) is 17.8 Å². The zero-order valence-electron chi connectivity index (χ0n) is 14.6. The molecule has 1 atom stereocenters. The second kappa shape index (κ2) is 9.70. The molecule has 1 heterocycles. The first-order valence-corrected chi connectivity index (χ1v) is 10.6. The molecular weight excluding hydrogens is 379 g/mol. The fraction of sp³-hybridized carbons (Fsp3) is 0.556. The van der Waals surface area contributed by atoms with Gasteiger partial charge in [-0.05, 0) is 30.2 Å². The average molecular weight is 403 g/mol. The second-order valence-electron chi connectivity index (χ2n) is 6.33. The summed E-state index contributed by atoms with van der Waals surface area (Å²) in [4.78, 5) is 28.5. The number of Topliss-reactive ketones (excluding diaryl/α,β-unsaturated/α-hetero) is 1. The van der Waals surface area contributed by atoms with Crippen LogP contribution >= 0.6 is 35.0 Å². The van der Waals surface area contributed by atoms with E-state index >= 15 is 0 Å². The fourth-order valence-electron chi connectivity index (χ4n) is 2.97. The number of carbonyl (C=O) groups excluding carboxylic acids is 2. The molecule has 1 aliphatic rings. The summed E-state index contributed by atoms with van der Waals surface area (Å²) in [7, 11) is 0. The van der Waals surface area contributed by atoms with E-state index in [9.17, 15) is 9.59 Å². The number of halogens is 2. The Labute approximate surface area is 163 Å². The van der Waals surface area contributed by atoms with Crippen molar-refractivity contribution >= 4 is 52.3 Å². The van der Waals surface area contributed by atoms with Crippen LogP contribution in [0.1, 0.15) is 19.8 Å². The molecule has 0 aromatic heterocycles. The van der Waals surface area contributed by atoms with Crippen molar-refractivity contribution in [2.24, 2.45) is 5.92 Å². The van der Waals surface area contributed by atoms with E-state index in [1.807, 2.05) is 30.2 Å². The largest absolute Gasteiger partial charge is 0.368 e. The van der Waals surface area contributed by atoms with Crippen LogP contribution in [-0.4, -0.2) is 54.8 Å². The van der Waals surface area contributed by atoms with Crippen molar-refractivity contribution in [2.45, 2.75) is 19.8 Å². The van der Waals surface area contributed by atoms with Crippen molar-refractivity contribution in [1.82, 2.24) is 4.90 Å². The zero-order chi connectivity index (χ0) is 18.4. The van der Waals surface area contributed by atoms with Crippen molar-refractivity contribution in [3.05, 3.63) is 28.2 Å². The molecule has 0 radical (unpaired) electrons. The Morgan fingerprint density at radius 2 is 1.72 bits per heavy atom. The Hall–Kier alpha value is -0.910. The van der Waals surface area contributed by atoms with Gasteiger partial charge in [-0.25, -0.2) is 0 Å².